The molecule has 1 aromatic heterocycles. The van der Waals surface area contributed by atoms with Crippen molar-refractivity contribution in [1.29, 1.82) is 0 Å². The average molecular weight is 344 g/mol. The van der Waals surface area contributed by atoms with Crippen LogP contribution in [-0.2, 0) is 5.41 Å². The van der Waals surface area contributed by atoms with Gasteiger partial charge in [-0.05, 0) is 35.2 Å². The average Bonchev–Trinajstić information content (AvgIpc) is 2.89. The van der Waals surface area contributed by atoms with Gasteiger partial charge in [0, 0.05) is 16.3 Å². The van der Waals surface area contributed by atoms with Crippen molar-refractivity contribution in [3.8, 4) is 17.1 Å². The summed E-state index contributed by atoms with van der Waals surface area (Å²) in [6, 6.07) is 16.0. The van der Waals surface area contributed by atoms with E-state index in [1.807, 2.05) is 28.8 Å². The summed E-state index contributed by atoms with van der Waals surface area (Å²) in [4.78, 5) is 0. The Kier molecular flexibility index (Phi) is 4.21. The van der Waals surface area contributed by atoms with E-state index in [0.717, 1.165) is 17.1 Å². The van der Waals surface area contributed by atoms with Gasteiger partial charge in [-0.15, -0.1) is 22.8 Å². The highest BCUT2D eigenvalue weighted by atomic mass is 35.5. The highest BCUT2D eigenvalue weighted by Crippen LogP contribution is 2.28. The van der Waals surface area contributed by atoms with Crippen LogP contribution >= 0.6 is 24.2 Å². The fourth-order valence-corrected chi connectivity index (χ4v) is 2.79. The Hall–Kier alpha value is -1.78. The van der Waals surface area contributed by atoms with Crippen LogP contribution in [0, 0.1) is 0 Å². The molecule has 0 aliphatic carbocycles. The molecule has 0 bridgehead atoms. The van der Waals surface area contributed by atoms with E-state index in [0.29, 0.717) is 10.2 Å². The summed E-state index contributed by atoms with van der Waals surface area (Å²) in [6.07, 6.45) is 0. The minimum Gasteiger partial charge on any atom is -0.270 e. The zero-order chi connectivity index (χ0) is 16.6. The Bertz CT molecular complexity index is 815. The lowest BCUT2D eigenvalue weighted by atomic mass is 9.87. The lowest BCUT2D eigenvalue weighted by Crippen LogP contribution is -2.10. The summed E-state index contributed by atoms with van der Waals surface area (Å²) >= 11 is 10.4. The molecule has 5 heteroatoms. The van der Waals surface area contributed by atoms with Crippen LogP contribution in [0.2, 0.25) is 5.02 Å². The molecule has 0 spiro atoms. The fraction of sp³-hybridized carbons (Fsp3) is 0.222. The largest absolute Gasteiger partial charge is 0.270 e. The van der Waals surface area contributed by atoms with Crippen molar-refractivity contribution in [3.63, 3.8) is 0 Å². The maximum atomic E-state index is 5.97. The van der Waals surface area contributed by atoms with Crippen molar-refractivity contribution in [1.82, 2.24) is 14.8 Å². The maximum absolute atomic E-state index is 5.97. The van der Waals surface area contributed by atoms with Crippen LogP contribution in [0.15, 0.2) is 53.7 Å². The molecule has 0 unspecified atom stereocenters. The Morgan fingerprint density at radius 2 is 1.52 bits per heavy atom. The van der Waals surface area contributed by atoms with E-state index in [-0.39, 0.29) is 5.41 Å². The van der Waals surface area contributed by atoms with Crippen molar-refractivity contribution in [2.24, 2.45) is 0 Å². The van der Waals surface area contributed by atoms with Gasteiger partial charge in [-0.2, -0.15) is 0 Å². The van der Waals surface area contributed by atoms with Gasteiger partial charge in [0.25, 0.3) is 0 Å². The molecule has 3 rings (SSSR count). The molecule has 1 heterocycles. The first-order valence-electron chi connectivity index (χ1n) is 7.37. The second kappa shape index (κ2) is 6.02. The molecule has 0 N–H and O–H groups in total. The molecule has 3 aromatic rings. The zero-order valence-corrected chi connectivity index (χ0v) is 14.9. The Morgan fingerprint density at radius 1 is 0.913 bits per heavy atom. The molecular formula is C18H18ClN3S. The van der Waals surface area contributed by atoms with Gasteiger partial charge in [0.1, 0.15) is 0 Å². The smallest absolute Gasteiger partial charge is 0.193 e. The van der Waals surface area contributed by atoms with Gasteiger partial charge in [-0.25, -0.2) is 0 Å². The van der Waals surface area contributed by atoms with E-state index in [1.165, 1.54) is 5.56 Å². The lowest BCUT2D eigenvalue weighted by molar-refractivity contribution is 0.590. The SMILES string of the molecule is CC(C)(C)c1ccc(-c2nnc(S)n2-c2ccc(Cl)cc2)cc1. The first kappa shape index (κ1) is 16.1. The first-order valence-corrected chi connectivity index (χ1v) is 8.20. The second-order valence-electron chi connectivity index (χ2n) is 6.46. The van der Waals surface area contributed by atoms with E-state index in [1.54, 1.807) is 0 Å². The monoisotopic (exact) mass is 343 g/mol. The fourth-order valence-electron chi connectivity index (χ4n) is 2.41. The van der Waals surface area contributed by atoms with E-state index in [2.05, 4.69) is 67.9 Å². The van der Waals surface area contributed by atoms with Crippen molar-refractivity contribution >= 4 is 24.2 Å². The van der Waals surface area contributed by atoms with Gasteiger partial charge in [-0.1, -0.05) is 56.6 Å². The third-order valence-corrected chi connectivity index (χ3v) is 4.28. The van der Waals surface area contributed by atoms with Crippen LogP contribution in [-0.4, -0.2) is 14.8 Å². The predicted molar refractivity (Wildman–Crippen MR) is 97.8 cm³/mol. The van der Waals surface area contributed by atoms with Crippen molar-refractivity contribution in [3.05, 3.63) is 59.1 Å². The topological polar surface area (TPSA) is 30.7 Å². The summed E-state index contributed by atoms with van der Waals surface area (Å²) in [7, 11) is 0. The molecule has 0 fully saturated rings. The van der Waals surface area contributed by atoms with Gasteiger partial charge < -0.3 is 0 Å². The number of hydrogen-bond donors (Lipinski definition) is 1. The van der Waals surface area contributed by atoms with Gasteiger partial charge in [0.05, 0.1) is 0 Å². The number of thiol groups is 1. The molecule has 3 nitrogen and oxygen atoms in total. The first-order chi connectivity index (χ1) is 10.9. The minimum absolute atomic E-state index is 0.122. The summed E-state index contributed by atoms with van der Waals surface area (Å²) in [6.45, 7) is 6.60. The molecule has 0 aliphatic rings. The third kappa shape index (κ3) is 3.28. The van der Waals surface area contributed by atoms with Crippen LogP contribution in [0.1, 0.15) is 26.3 Å². The van der Waals surface area contributed by atoms with Crippen molar-refractivity contribution in [2.45, 2.75) is 31.3 Å². The van der Waals surface area contributed by atoms with Gasteiger partial charge in [-0.3, -0.25) is 4.57 Å². The molecular weight excluding hydrogens is 326 g/mol. The van der Waals surface area contributed by atoms with Gasteiger partial charge in [0.15, 0.2) is 11.0 Å². The van der Waals surface area contributed by atoms with Crippen LogP contribution < -0.4 is 0 Å². The Labute approximate surface area is 146 Å². The maximum Gasteiger partial charge on any atom is 0.193 e. The van der Waals surface area contributed by atoms with Crippen LogP contribution in [0.4, 0.5) is 0 Å². The second-order valence-corrected chi connectivity index (χ2v) is 7.30. The lowest BCUT2D eigenvalue weighted by Gasteiger charge is -2.19. The molecule has 2 aromatic carbocycles. The molecule has 0 amide bonds. The zero-order valence-electron chi connectivity index (χ0n) is 13.3. The van der Waals surface area contributed by atoms with E-state index < -0.39 is 0 Å². The number of nitrogens with zero attached hydrogens (tertiary/aromatic N) is 3. The standard InChI is InChI=1S/C18H18ClN3S/c1-18(2,3)13-6-4-12(5-7-13)16-20-21-17(23)22(16)15-10-8-14(19)9-11-15/h4-11H,1-3H3,(H,21,23). The molecule has 118 valence electrons. The third-order valence-electron chi connectivity index (χ3n) is 3.74. The van der Waals surface area contributed by atoms with Crippen molar-refractivity contribution < 1.29 is 0 Å². The molecule has 0 saturated carbocycles. The normalized spacial score (nSPS) is 11.7. The van der Waals surface area contributed by atoms with E-state index in [4.69, 9.17) is 11.6 Å². The number of halogens is 1. The van der Waals surface area contributed by atoms with E-state index >= 15 is 0 Å². The van der Waals surface area contributed by atoms with E-state index in [9.17, 15) is 0 Å². The predicted octanol–water partition coefficient (Wildman–Crippen LogP) is 5.17. The molecule has 0 radical (unpaired) electrons. The summed E-state index contributed by atoms with van der Waals surface area (Å²) in [5.41, 5.74) is 3.34. The number of benzene rings is 2. The Balaban J connectivity index is 2.06. The number of hydrogen-bond acceptors (Lipinski definition) is 3. The molecule has 23 heavy (non-hydrogen) atoms. The van der Waals surface area contributed by atoms with Crippen LogP contribution in [0.5, 0.6) is 0 Å². The Morgan fingerprint density at radius 3 is 2.09 bits per heavy atom. The number of aromatic nitrogens is 3. The summed E-state index contributed by atoms with van der Waals surface area (Å²) in [5.74, 6) is 0.762. The molecule has 0 aliphatic heterocycles. The van der Waals surface area contributed by atoms with Crippen molar-refractivity contribution in [2.75, 3.05) is 0 Å². The van der Waals surface area contributed by atoms with Gasteiger partial charge >= 0.3 is 0 Å². The molecule has 0 atom stereocenters. The highest BCUT2D eigenvalue weighted by Gasteiger charge is 2.16. The summed E-state index contributed by atoms with van der Waals surface area (Å²) in [5, 5.41) is 9.62. The quantitative estimate of drug-likeness (QED) is 0.650. The van der Waals surface area contributed by atoms with Crippen LogP contribution in [0.3, 0.4) is 0 Å². The van der Waals surface area contributed by atoms with Gasteiger partial charge in [0.2, 0.25) is 0 Å². The summed E-state index contributed by atoms with van der Waals surface area (Å²) < 4.78 is 1.91. The number of rotatable bonds is 2. The minimum atomic E-state index is 0.122. The molecule has 0 saturated heterocycles. The highest BCUT2D eigenvalue weighted by molar-refractivity contribution is 7.80. The van der Waals surface area contributed by atoms with Crippen LogP contribution in [0.25, 0.3) is 17.1 Å².